The van der Waals surface area contributed by atoms with Gasteiger partial charge in [0.2, 0.25) is 5.91 Å². The van der Waals surface area contributed by atoms with E-state index in [1.54, 1.807) is 30.5 Å². The van der Waals surface area contributed by atoms with Gasteiger partial charge in [-0.05, 0) is 30.7 Å². The lowest BCUT2D eigenvalue weighted by molar-refractivity contribution is -0.119. The van der Waals surface area contributed by atoms with E-state index >= 15 is 0 Å². The van der Waals surface area contributed by atoms with Crippen molar-refractivity contribution in [3.05, 3.63) is 53.2 Å². The Labute approximate surface area is 166 Å². The fourth-order valence-corrected chi connectivity index (χ4v) is 4.45. The van der Waals surface area contributed by atoms with Gasteiger partial charge in [0.05, 0.1) is 22.4 Å². The summed E-state index contributed by atoms with van der Waals surface area (Å²) in [5.74, 6) is 0.762. The number of fused-ring (bicyclic) bond motifs is 2. The van der Waals surface area contributed by atoms with Gasteiger partial charge in [-0.15, -0.1) is 0 Å². The first-order valence-corrected chi connectivity index (χ1v) is 9.70. The highest BCUT2D eigenvalue weighted by Gasteiger charge is 2.38. The average Bonchev–Trinajstić information content (AvgIpc) is 3.35. The van der Waals surface area contributed by atoms with Crippen LogP contribution < -0.4 is 5.32 Å². The maximum absolute atomic E-state index is 13.4. The topological polar surface area (TPSA) is 75.4 Å². The van der Waals surface area contributed by atoms with Crippen LogP contribution in [0.25, 0.3) is 22.4 Å². The molecule has 1 N–H and O–H groups in total. The number of nitrogens with one attached hydrogen (secondary N) is 1. The van der Waals surface area contributed by atoms with E-state index in [1.165, 1.54) is 0 Å². The maximum Gasteiger partial charge on any atom is 0.254 e. The number of carbonyl (C=O) groups excluding carboxylic acids is 2. The van der Waals surface area contributed by atoms with Crippen molar-refractivity contribution >= 4 is 34.3 Å². The molecule has 7 heteroatoms. The van der Waals surface area contributed by atoms with Crippen LogP contribution in [0, 0.1) is 5.92 Å². The monoisotopic (exact) mass is 395 g/mol. The lowest BCUT2D eigenvalue weighted by Gasteiger charge is -2.34. The second-order valence-electron chi connectivity index (χ2n) is 7.35. The van der Waals surface area contributed by atoms with Gasteiger partial charge in [0.15, 0.2) is 5.76 Å². The largest absolute Gasteiger partial charge is 0.463 e. The Kier molecular flexibility index (Phi) is 4.09. The SMILES string of the molecule is O=C1C[C@@H]2CN(C(=O)c3cc(-c4ccco4)nc4c(Cl)cccc34)CC[C@@H]2N1. The zero-order valence-corrected chi connectivity index (χ0v) is 15.8. The first-order valence-electron chi connectivity index (χ1n) is 9.32. The van der Waals surface area contributed by atoms with Crippen LogP contribution in [0.1, 0.15) is 23.2 Å². The Hall–Kier alpha value is -2.86. The van der Waals surface area contributed by atoms with Gasteiger partial charge in [0, 0.05) is 36.9 Å². The smallest absolute Gasteiger partial charge is 0.254 e. The summed E-state index contributed by atoms with van der Waals surface area (Å²) in [6, 6.07) is 11.0. The Balaban J connectivity index is 1.57. The zero-order chi connectivity index (χ0) is 19.3. The van der Waals surface area contributed by atoms with Crippen LogP contribution in [-0.2, 0) is 4.79 Å². The van der Waals surface area contributed by atoms with Crippen molar-refractivity contribution < 1.29 is 14.0 Å². The van der Waals surface area contributed by atoms with Crippen LogP contribution in [0.5, 0.6) is 0 Å². The molecule has 0 unspecified atom stereocenters. The minimum Gasteiger partial charge on any atom is -0.463 e. The van der Waals surface area contributed by atoms with Gasteiger partial charge in [-0.3, -0.25) is 9.59 Å². The zero-order valence-electron chi connectivity index (χ0n) is 15.0. The first kappa shape index (κ1) is 17.3. The molecule has 3 aromatic rings. The summed E-state index contributed by atoms with van der Waals surface area (Å²) in [5, 5.41) is 4.21. The van der Waals surface area contributed by atoms with E-state index in [9.17, 15) is 9.59 Å². The Morgan fingerprint density at radius 1 is 1.29 bits per heavy atom. The van der Waals surface area contributed by atoms with E-state index in [0.29, 0.717) is 47.1 Å². The number of hydrogen-bond acceptors (Lipinski definition) is 4. The predicted molar refractivity (Wildman–Crippen MR) is 105 cm³/mol. The fraction of sp³-hybridized carbons (Fsp3) is 0.286. The predicted octanol–water partition coefficient (Wildman–Crippen LogP) is 3.50. The van der Waals surface area contributed by atoms with Crippen LogP contribution >= 0.6 is 11.6 Å². The number of hydrogen-bond donors (Lipinski definition) is 1. The molecule has 2 atom stereocenters. The van der Waals surface area contributed by atoms with Crippen molar-refractivity contribution in [2.75, 3.05) is 13.1 Å². The fourth-order valence-electron chi connectivity index (χ4n) is 4.23. The lowest BCUT2D eigenvalue weighted by Crippen LogP contribution is -2.47. The van der Waals surface area contributed by atoms with Crippen molar-refractivity contribution in [3.8, 4) is 11.5 Å². The highest BCUT2D eigenvalue weighted by atomic mass is 35.5. The molecule has 0 radical (unpaired) electrons. The summed E-state index contributed by atoms with van der Waals surface area (Å²) in [6.45, 7) is 1.18. The molecule has 2 amide bonds. The average molecular weight is 396 g/mol. The van der Waals surface area contributed by atoms with Gasteiger partial charge in [-0.1, -0.05) is 23.7 Å². The quantitative estimate of drug-likeness (QED) is 0.720. The van der Waals surface area contributed by atoms with Crippen molar-refractivity contribution in [1.82, 2.24) is 15.2 Å². The molecule has 0 saturated carbocycles. The number of pyridine rings is 1. The van der Waals surface area contributed by atoms with Gasteiger partial charge in [-0.2, -0.15) is 0 Å². The van der Waals surface area contributed by atoms with Crippen molar-refractivity contribution in [2.45, 2.75) is 18.9 Å². The van der Waals surface area contributed by atoms with E-state index in [2.05, 4.69) is 10.3 Å². The second kappa shape index (κ2) is 6.63. The number of aromatic nitrogens is 1. The molecule has 0 aliphatic carbocycles. The van der Waals surface area contributed by atoms with Crippen LogP contribution in [-0.4, -0.2) is 40.8 Å². The van der Waals surface area contributed by atoms with Crippen LogP contribution in [0.15, 0.2) is 47.1 Å². The van der Waals surface area contributed by atoms with Crippen LogP contribution in [0.4, 0.5) is 0 Å². The van der Waals surface area contributed by atoms with Gasteiger partial charge in [0.25, 0.3) is 5.91 Å². The molecule has 142 valence electrons. The van der Waals surface area contributed by atoms with Gasteiger partial charge < -0.3 is 14.6 Å². The summed E-state index contributed by atoms with van der Waals surface area (Å²) in [6.07, 6.45) is 2.83. The minimum atomic E-state index is -0.0692. The number of para-hydroxylation sites is 1. The highest BCUT2D eigenvalue weighted by Crippen LogP contribution is 2.32. The molecule has 2 saturated heterocycles. The van der Waals surface area contributed by atoms with Crippen molar-refractivity contribution in [3.63, 3.8) is 0 Å². The van der Waals surface area contributed by atoms with Crippen molar-refractivity contribution in [2.24, 2.45) is 5.92 Å². The third kappa shape index (κ3) is 2.85. The maximum atomic E-state index is 13.4. The number of carbonyl (C=O) groups is 2. The summed E-state index contributed by atoms with van der Waals surface area (Å²) in [7, 11) is 0. The molecular weight excluding hydrogens is 378 g/mol. The molecule has 2 aliphatic heterocycles. The summed E-state index contributed by atoms with van der Waals surface area (Å²) >= 11 is 6.38. The molecule has 28 heavy (non-hydrogen) atoms. The van der Waals surface area contributed by atoms with Gasteiger partial charge in [-0.25, -0.2) is 4.98 Å². The molecule has 1 aromatic carbocycles. The number of likely N-dealkylation sites (tertiary alicyclic amines) is 1. The Bertz CT molecular complexity index is 1080. The van der Waals surface area contributed by atoms with E-state index in [-0.39, 0.29) is 23.8 Å². The number of piperidine rings is 1. The molecular formula is C21H18ClN3O3. The number of furan rings is 1. The molecule has 2 aliphatic rings. The number of rotatable bonds is 2. The first-order chi connectivity index (χ1) is 13.6. The van der Waals surface area contributed by atoms with E-state index in [1.807, 2.05) is 17.0 Å². The Morgan fingerprint density at radius 2 is 2.18 bits per heavy atom. The van der Waals surface area contributed by atoms with Crippen LogP contribution in [0.3, 0.4) is 0 Å². The number of nitrogens with zero attached hydrogens (tertiary/aromatic N) is 2. The molecule has 6 nitrogen and oxygen atoms in total. The third-order valence-electron chi connectivity index (χ3n) is 5.61. The normalized spacial score (nSPS) is 21.6. The minimum absolute atomic E-state index is 0.0692. The highest BCUT2D eigenvalue weighted by molar-refractivity contribution is 6.35. The standard InChI is InChI=1S/C21H18ClN3O3/c22-15-4-1-3-13-14(10-17(24-20(13)15)18-5-2-8-28-18)21(27)25-7-6-16-12(11-25)9-19(26)23-16/h1-5,8,10,12,16H,6-7,9,11H2,(H,23,26)/t12-,16+/m1/s1. The number of halogens is 1. The number of benzene rings is 1. The van der Waals surface area contributed by atoms with E-state index in [0.717, 1.165) is 11.8 Å². The lowest BCUT2D eigenvalue weighted by atomic mass is 9.92. The molecule has 2 fully saturated rings. The van der Waals surface area contributed by atoms with Gasteiger partial charge in [0.1, 0.15) is 5.69 Å². The van der Waals surface area contributed by atoms with Crippen molar-refractivity contribution in [1.29, 1.82) is 0 Å². The molecule has 4 heterocycles. The summed E-state index contributed by atoms with van der Waals surface area (Å²) in [5.41, 5.74) is 1.70. The molecule has 5 rings (SSSR count). The third-order valence-corrected chi connectivity index (χ3v) is 5.91. The molecule has 0 bridgehead atoms. The van der Waals surface area contributed by atoms with Gasteiger partial charge >= 0.3 is 0 Å². The van der Waals surface area contributed by atoms with Crippen LogP contribution in [0.2, 0.25) is 5.02 Å². The molecule has 2 aromatic heterocycles. The summed E-state index contributed by atoms with van der Waals surface area (Å²) in [4.78, 5) is 31.6. The second-order valence-corrected chi connectivity index (χ2v) is 7.75. The van der Waals surface area contributed by atoms with E-state index in [4.69, 9.17) is 16.0 Å². The Morgan fingerprint density at radius 3 is 3.00 bits per heavy atom. The molecule has 0 spiro atoms. The summed E-state index contributed by atoms with van der Waals surface area (Å²) < 4.78 is 5.48. The van der Waals surface area contributed by atoms with E-state index < -0.39 is 0 Å². The number of amides is 2.